The van der Waals surface area contributed by atoms with Crippen LogP contribution in [0.2, 0.25) is 0 Å². The molecule has 0 aliphatic rings. The molecular formula is C7H11NOS. The van der Waals surface area contributed by atoms with Gasteiger partial charge in [-0.25, -0.2) is 4.31 Å². The lowest BCUT2D eigenvalue weighted by Crippen LogP contribution is -2.02. The van der Waals surface area contributed by atoms with Crippen molar-refractivity contribution in [1.82, 2.24) is 4.31 Å². The number of thiol groups is 1. The largest absolute Gasteiger partial charge is 0.465 e. The molecule has 0 aromatic carbocycles. The van der Waals surface area contributed by atoms with E-state index in [1.165, 1.54) is 0 Å². The van der Waals surface area contributed by atoms with E-state index in [0.717, 1.165) is 18.1 Å². The monoisotopic (exact) mass is 157 g/mol. The Hall–Kier alpha value is -0.410. The van der Waals surface area contributed by atoms with Crippen molar-refractivity contribution in [3.8, 4) is 0 Å². The van der Waals surface area contributed by atoms with Crippen molar-refractivity contribution in [2.45, 2.75) is 13.5 Å². The maximum absolute atomic E-state index is 5.30. The fraction of sp³-hybridized carbons (Fsp3) is 0.429. The quantitative estimate of drug-likeness (QED) is 0.660. The molecule has 56 valence electrons. The molecule has 10 heavy (non-hydrogen) atoms. The first-order valence-corrected chi connectivity index (χ1v) is 3.54. The predicted octanol–water partition coefficient (Wildman–Crippen LogP) is 1.86. The highest BCUT2D eigenvalue weighted by atomic mass is 32.1. The number of hydrogen-bond acceptors (Lipinski definition) is 3. The molecule has 1 aromatic rings. The molecule has 2 nitrogen and oxygen atoms in total. The van der Waals surface area contributed by atoms with E-state index in [1.807, 2.05) is 26.1 Å². The SMILES string of the molecule is Cc1ccc(CN(C)S)o1. The minimum atomic E-state index is 0.747. The van der Waals surface area contributed by atoms with Gasteiger partial charge in [-0.2, -0.15) is 0 Å². The average molecular weight is 157 g/mol. The van der Waals surface area contributed by atoms with Crippen LogP contribution in [0.4, 0.5) is 0 Å². The van der Waals surface area contributed by atoms with Crippen LogP contribution < -0.4 is 0 Å². The van der Waals surface area contributed by atoms with Gasteiger partial charge in [0.2, 0.25) is 0 Å². The van der Waals surface area contributed by atoms with E-state index in [4.69, 9.17) is 4.42 Å². The third-order valence-electron chi connectivity index (χ3n) is 1.18. The van der Waals surface area contributed by atoms with Gasteiger partial charge in [0, 0.05) is 0 Å². The van der Waals surface area contributed by atoms with Gasteiger partial charge < -0.3 is 4.42 Å². The highest BCUT2D eigenvalue weighted by Gasteiger charge is 1.98. The lowest BCUT2D eigenvalue weighted by atomic mass is 10.4. The molecule has 0 spiro atoms. The van der Waals surface area contributed by atoms with Crippen molar-refractivity contribution in [2.75, 3.05) is 7.05 Å². The minimum Gasteiger partial charge on any atom is -0.465 e. The molecule has 0 aliphatic carbocycles. The van der Waals surface area contributed by atoms with Crippen molar-refractivity contribution in [1.29, 1.82) is 0 Å². The van der Waals surface area contributed by atoms with Gasteiger partial charge in [0.15, 0.2) is 0 Å². The van der Waals surface area contributed by atoms with Gasteiger partial charge in [-0.1, -0.05) is 12.8 Å². The molecule has 0 fully saturated rings. The summed E-state index contributed by atoms with van der Waals surface area (Å²) in [6.45, 7) is 2.68. The van der Waals surface area contributed by atoms with Crippen molar-refractivity contribution in [2.24, 2.45) is 0 Å². The fourth-order valence-corrected chi connectivity index (χ4v) is 0.935. The Balaban J connectivity index is 2.58. The van der Waals surface area contributed by atoms with E-state index in [9.17, 15) is 0 Å². The van der Waals surface area contributed by atoms with Crippen molar-refractivity contribution < 1.29 is 4.42 Å². The second-order valence-electron chi connectivity index (χ2n) is 2.33. The number of hydrogen-bond donors (Lipinski definition) is 1. The van der Waals surface area contributed by atoms with Gasteiger partial charge in [-0.3, -0.25) is 0 Å². The van der Waals surface area contributed by atoms with Crippen LogP contribution in [0.5, 0.6) is 0 Å². The Morgan fingerprint density at radius 2 is 2.30 bits per heavy atom. The second kappa shape index (κ2) is 3.12. The van der Waals surface area contributed by atoms with Crippen molar-refractivity contribution >= 4 is 12.8 Å². The van der Waals surface area contributed by atoms with Gasteiger partial charge in [-0.15, -0.1) is 0 Å². The molecule has 0 amide bonds. The summed E-state index contributed by atoms with van der Waals surface area (Å²) in [4.78, 5) is 0. The molecule has 0 atom stereocenters. The first kappa shape index (κ1) is 7.69. The van der Waals surface area contributed by atoms with Crippen molar-refractivity contribution in [3.63, 3.8) is 0 Å². The number of nitrogens with zero attached hydrogens (tertiary/aromatic N) is 1. The van der Waals surface area contributed by atoms with Gasteiger partial charge >= 0.3 is 0 Å². The normalized spacial score (nSPS) is 10.8. The molecule has 1 heterocycles. The summed E-state index contributed by atoms with van der Waals surface area (Å²) < 4.78 is 7.08. The molecule has 0 radical (unpaired) electrons. The third kappa shape index (κ3) is 2.08. The van der Waals surface area contributed by atoms with Crippen LogP contribution in [0, 0.1) is 6.92 Å². The van der Waals surface area contributed by atoms with Crippen LogP contribution in [0.25, 0.3) is 0 Å². The van der Waals surface area contributed by atoms with Crippen LogP contribution in [0.3, 0.4) is 0 Å². The second-order valence-corrected chi connectivity index (χ2v) is 3.01. The van der Waals surface area contributed by atoms with Crippen molar-refractivity contribution in [3.05, 3.63) is 23.7 Å². The first-order valence-electron chi connectivity index (χ1n) is 3.14. The smallest absolute Gasteiger partial charge is 0.119 e. The van der Waals surface area contributed by atoms with Gasteiger partial charge in [0.25, 0.3) is 0 Å². The van der Waals surface area contributed by atoms with E-state index in [1.54, 1.807) is 4.31 Å². The zero-order valence-corrected chi connectivity index (χ0v) is 7.06. The Morgan fingerprint density at radius 1 is 1.60 bits per heavy atom. The molecule has 0 saturated heterocycles. The number of rotatable bonds is 2. The van der Waals surface area contributed by atoms with E-state index >= 15 is 0 Å². The summed E-state index contributed by atoms with van der Waals surface area (Å²) >= 11 is 4.09. The fourth-order valence-electron chi connectivity index (χ4n) is 0.796. The molecule has 0 saturated carbocycles. The lowest BCUT2D eigenvalue weighted by molar-refractivity contribution is 0.426. The topological polar surface area (TPSA) is 16.4 Å². The minimum absolute atomic E-state index is 0.747. The van der Waals surface area contributed by atoms with E-state index in [0.29, 0.717) is 0 Å². The number of furan rings is 1. The van der Waals surface area contributed by atoms with Crippen LogP contribution >= 0.6 is 12.8 Å². The van der Waals surface area contributed by atoms with Crippen LogP contribution in [0.1, 0.15) is 11.5 Å². The Labute approximate surface area is 66.4 Å². The van der Waals surface area contributed by atoms with Crippen LogP contribution in [-0.2, 0) is 6.54 Å². The molecule has 0 unspecified atom stereocenters. The predicted molar refractivity (Wildman–Crippen MR) is 43.9 cm³/mol. The molecule has 1 rings (SSSR count). The lowest BCUT2D eigenvalue weighted by Gasteiger charge is -2.03. The van der Waals surface area contributed by atoms with Crippen LogP contribution in [0.15, 0.2) is 16.5 Å². The highest BCUT2D eigenvalue weighted by molar-refractivity contribution is 7.77. The standard InChI is InChI=1S/C7H11NOS/c1-6-3-4-7(9-6)5-8(2)10/h3-4,10H,5H2,1-2H3. The molecule has 3 heteroatoms. The zero-order chi connectivity index (χ0) is 7.56. The van der Waals surface area contributed by atoms with Gasteiger partial charge in [0.1, 0.15) is 11.5 Å². The molecular weight excluding hydrogens is 146 g/mol. The third-order valence-corrected chi connectivity index (χ3v) is 1.32. The molecule has 0 bridgehead atoms. The van der Waals surface area contributed by atoms with E-state index in [-0.39, 0.29) is 0 Å². The Morgan fingerprint density at radius 3 is 2.70 bits per heavy atom. The van der Waals surface area contributed by atoms with Gasteiger partial charge in [-0.05, 0) is 26.1 Å². The Bertz CT molecular complexity index is 207. The summed E-state index contributed by atoms with van der Waals surface area (Å²) in [6, 6.07) is 3.91. The Kier molecular flexibility index (Phi) is 2.40. The summed E-state index contributed by atoms with van der Waals surface area (Å²) in [6.07, 6.45) is 0. The first-order chi connectivity index (χ1) is 4.68. The molecule has 1 aromatic heterocycles. The number of aryl methyl sites for hydroxylation is 1. The van der Waals surface area contributed by atoms with E-state index < -0.39 is 0 Å². The summed E-state index contributed by atoms with van der Waals surface area (Å²) in [7, 11) is 1.89. The average Bonchev–Trinajstić information content (AvgIpc) is 2.13. The zero-order valence-electron chi connectivity index (χ0n) is 6.16. The van der Waals surface area contributed by atoms with Crippen LogP contribution in [-0.4, -0.2) is 11.4 Å². The maximum Gasteiger partial charge on any atom is 0.119 e. The summed E-state index contributed by atoms with van der Waals surface area (Å²) in [5.74, 6) is 1.90. The molecule has 0 aliphatic heterocycles. The molecule has 0 N–H and O–H groups in total. The van der Waals surface area contributed by atoms with Gasteiger partial charge in [0.05, 0.1) is 6.54 Å². The van der Waals surface area contributed by atoms with E-state index in [2.05, 4.69) is 12.8 Å². The maximum atomic E-state index is 5.30. The highest BCUT2D eigenvalue weighted by Crippen LogP contribution is 2.08. The summed E-state index contributed by atoms with van der Waals surface area (Å²) in [5, 5.41) is 0. The summed E-state index contributed by atoms with van der Waals surface area (Å²) in [5.41, 5.74) is 0.